The number of carbonyl (C=O) groups excluding carboxylic acids is 1. The maximum atomic E-state index is 13.0. The van der Waals surface area contributed by atoms with Gasteiger partial charge in [-0.05, 0) is 54.3 Å². The highest BCUT2D eigenvalue weighted by atomic mass is 32.2. The highest BCUT2D eigenvalue weighted by Gasteiger charge is 2.16. The van der Waals surface area contributed by atoms with Crippen LogP contribution in [-0.2, 0) is 10.0 Å². The summed E-state index contributed by atoms with van der Waals surface area (Å²) in [6, 6.07) is 12.7. The molecule has 0 aliphatic carbocycles. The molecule has 8 heteroatoms. The second-order valence-electron chi connectivity index (χ2n) is 6.31. The third-order valence-electron chi connectivity index (χ3n) is 4.30. The molecule has 0 unspecified atom stereocenters. The van der Waals surface area contributed by atoms with Crippen LogP contribution in [0.1, 0.15) is 28.2 Å². The molecule has 3 rings (SSSR count). The summed E-state index contributed by atoms with van der Waals surface area (Å²) in [7, 11) is -1.87. The van der Waals surface area contributed by atoms with Crippen LogP contribution in [0.25, 0.3) is 10.1 Å². The fourth-order valence-electron chi connectivity index (χ4n) is 2.63. The van der Waals surface area contributed by atoms with Crippen LogP contribution in [0.2, 0.25) is 0 Å². The van der Waals surface area contributed by atoms with E-state index in [1.165, 1.54) is 34.8 Å². The van der Waals surface area contributed by atoms with E-state index in [0.717, 1.165) is 21.9 Å². The first-order valence-electron chi connectivity index (χ1n) is 8.19. The first-order valence-corrected chi connectivity index (χ1v) is 10.9. The molecule has 0 saturated heterocycles. The van der Waals surface area contributed by atoms with E-state index < -0.39 is 10.0 Å². The van der Waals surface area contributed by atoms with Crippen LogP contribution in [0.5, 0.6) is 0 Å². The number of anilines is 1. The smallest absolute Gasteiger partial charge is 0.261 e. The van der Waals surface area contributed by atoms with Gasteiger partial charge in [-0.25, -0.2) is 12.8 Å². The standard InChI is InChI=1S/C19H19FN2O3S2/c1-12(13-4-6-15(20)7-5-13)21-19(23)18-11-14-10-16(8-9-17(14)26-18)22(2)27(3,24)25/h4-12H,1-3H3,(H,21,23)/t12-/m0/s1. The second kappa shape index (κ2) is 7.28. The molecule has 1 atom stereocenters. The molecule has 27 heavy (non-hydrogen) atoms. The molecular weight excluding hydrogens is 387 g/mol. The molecule has 3 aromatic rings. The van der Waals surface area contributed by atoms with E-state index in [-0.39, 0.29) is 17.8 Å². The zero-order chi connectivity index (χ0) is 19.8. The Balaban J connectivity index is 1.82. The summed E-state index contributed by atoms with van der Waals surface area (Å²) in [6.07, 6.45) is 1.14. The van der Waals surface area contributed by atoms with Crippen molar-refractivity contribution in [2.45, 2.75) is 13.0 Å². The lowest BCUT2D eigenvalue weighted by Crippen LogP contribution is -2.25. The Bertz CT molecular complexity index is 1090. The Kier molecular flexibility index (Phi) is 5.21. The summed E-state index contributed by atoms with van der Waals surface area (Å²) in [5.74, 6) is -0.553. The van der Waals surface area contributed by atoms with Crippen molar-refractivity contribution in [3.63, 3.8) is 0 Å². The maximum absolute atomic E-state index is 13.0. The molecule has 1 N–H and O–H groups in total. The molecule has 0 saturated carbocycles. The Morgan fingerprint density at radius 3 is 2.44 bits per heavy atom. The molecule has 1 amide bonds. The molecular formula is C19H19FN2O3S2. The number of halogens is 1. The topological polar surface area (TPSA) is 66.5 Å². The normalized spacial score (nSPS) is 12.7. The quantitative estimate of drug-likeness (QED) is 0.698. The van der Waals surface area contributed by atoms with Gasteiger partial charge >= 0.3 is 0 Å². The van der Waals surface area contributed by atoms with Crippen LogP contribution in [-0.4, -0.2) is 27.6 Å². The fraction of sp³-hybridized carbons (Fsp3) is 0.211. The van der Waals surface area contributed by atoms with Crippen molar-refractivity contribution >= 4 is 43.0 Å². The van der Waals surface area contributed by atoms with Crippen LogP contribution >= 0.6 is 11.3 Å². The molecule has 0 spiro atoms. The third kappa shape index (κ3) is 4.28. The van der Waals surface area contributed by atoms with E-state index in [9.17, 15) is 17.6 Å². The molecule has 1 aromatic heterocycles. The van der Waals surface area contributed by atoms with E-state index in [2.05, 4.69) is 5.32 Å². The minimum Gasteiger partial charge on any atom is -0.345 e. The third-order valence-corrected chi connectivity index (χ3v) is 6.62. The summed E-state index contributed by atoms with van der Waals surface area (Å²) < 4.78 is 38.5. The van der Waals surface area contributed by atoms with Crippen LogP contribution in [0.4, 0.5) is 10.1 Å². The number of sulfonamides is 1. The lowest BCUT2D eigenvalue weighted by Gasteiger charge is -2.16. The first kappa shape index (κ1) is 19.3. The van der Waals surface area contributed by atoms with Gasteiger partial charge in [-0.1, -0.05) is 12.1 Å². The van der Waals surface area contributed by atoms with Crippen molar-refractivity contribution in [3.8, 4) is 0 Å². The van der Waals surface area contributed by atoms with Crippen LogP contribution < -0.4 is 9.62 Å². The highest BCUT2D eigenvalue weighted by molar-refractivity contribution is 7.92. The van der Waals surface area contributed by atoms with Crippen molar-refractivity contribution in [1.29, 1.82) is 0 Å². The van der Waals surface area contributed by atoms with Gasteiger partial charge in [-0.3, -0.25) is 9.10 Å². The number of hydrogen-bond donors (Lipinski definition) is 1. The van der Waals surface area contributed by atoms with Gasteiger partial charge < -0.3 is 5.32 Å². The Morgan fingerprint density at radius 2 is 1.81 bits per heavy atom. The summed E-state index contributed by atoms with van der Waals surface area (Å²) >= 11 is 1.33. The van der Waals surface area contributed by atoms with E-state index in [1.807, 2.05) is 6.92 Å². The molecule has 0 aliphatic rings. The van der Waals surface area contributed by atoms with Crippen molar-refractivity contribution in [3.05, 3.63) is 64.8 Å². The molecule has 5 nitrogen and oxygen atoms in total. The minimum atomic E-state index is -3.35. The monoisotopic (exact) mass is 406 g/mol. The molecule has 0 radical (unpaired) electrons. The number of amides is 1. The van der Waals surface area contributed by atoms with Crippen LogP contribution in [0.3, 0.4) is 0 Å². The van der Waals surface area contributed by atoms with E-state index >= 15 is 0 Å². The maximum Gasteiger partial charge on any atom is 0.261 e. The molecule has 2 aromatic carbocycles. The van der Waals surface area contributed by atoms with Crippen molar-refractivity contribution < 1.29 is 17.6 Å². The average Bonchev–Trinajstić information content (AvgIpc) is 3.04. The van der Waals surface area contributed by atoms with Gasteiger partial charge in [0.25, 0.3) is 5.91 Å². The Hall–Kier alpha value is -2.45. The summed E-state index contributed by atoms with van der Waals surface area (Å²) in [4.78, 5) is 13.1. The molecule has 0 fully saturated rings. The number of fused-ring (bicyclic) bond motifs is 1. The van der Waals surface area contributed by atoms with Gasteiger partial charge in [0.1, 0.15) is 5.82 Å². The largest absolute Gasteiger partial charge is 0.345 e. The minimum absolute atomic E-state index is 0.231. The fourth-order valence-corrected chi connectivity index (χ4v) is 4.08. The van der Waals surface area contributed by atoms with Gasteiger partial charge in [-0.15, -0.1) is 11.3 Å². The SMILES string of the molecule is C[C@H](NC(=O)c1cc2cc(N(C)S(C)(=O)=O)ccc2s1)c1ccc(F)cc1. The zero-order valence-corrected chi connectivity index (χ0v) is 16.7. The van der Waals surface area contributed by atoms with Crippen LogP contribution in [0, 0.1) is 5.82 Å². The number of nitrogens with one attached hydrogen (secondary N) is 1. The van der Waals surface area contributed by atoms with Gasteiger partial charge in [0, 0.05) is 11.7 Å². The number of thiophene rings is 1. The molecule has 0 aliphatic heterocycles. The summed E-state index contributed by atoms with van der Waals surface area (Å²) in [5, 5.41) is 3.70. The van der Waals surface area contributed by atoms with Crippen LogP contribution in [0.15, 0.2) is 48.5 Å². The van der Waals surface area contributed by atoms with Gasteiger partial charge in [0.2, 0.25) is 10.0 Å². The average molecular weight is 407 g/mol. The van der Waals surface area contributed by atoms with E-state index in [4.69, 9.17) is 0 Å². The Morgan fingerprint density at radius 1 is 1.15 bits per heavy atom. The second-order valence-corrected chi connectivity index (χ2v) is 9.41. The predicted octanol–water partition coefficient (Wildman–Crippen LogP) is 3.93. The predicted molar refractivity (Wildman–Crippen MR) is 107 cm³/mol. The van der Waals surface area contributed by atoms with E-state index in [1.54, 1.807) is 36.4 Å². The molecule has 142 valence electrons. The number of hydrogen-bond acceptors (Lipinski definition) is 4. The summed E-state index contributed by atoms with van der Waals surface area (Å²) in [6.45, 7) is 1.83. The lowest BCUT2D eigenvalue weighted by atomic mass is 10.1. The lowest BCUT2D eigenvalue weighted by molar-refractivity contribution is 0.0944. The van der Waals surface area contributed by atoms with E-state index in [0.29, 0.717) is 10.6 Å². The number of benzene rings is 2. The van der Waals surface area contributed by atoms with Gasteiger partial charge in [0.15, 0.2) is 0 Å². The zero-order valence-electron chi connectivity index (χ0n) is 15.1. The van der Waals surface area contributed by atoms with Crippen molar-refractivity contribution in [2.75, 3.05) is 17.6 Å². The first-order chi connectivity index (χ1) is 12.6. The molecule has 1 heterocycles. The van der Waals surface area contributed by atoms with Gasteiger partial charge in [0.05, 0.1) is 22.9 Å². The number of carbonyl (C=O) groups is 1. The van der Waals surface area contributed by atoms with Gasteiger partial charge in [-0.2, -0.15) is 0 Å². The molecule has 0 bridgehead atoms. The number of nitrogens with zero attached hydrogens (tertiary/aromatic N) is 1. The Labute approximate surface area is 161 Å². The number of rotatable bonds is 5. The van der Waals surface area contributed by atoms with Crippen molar-refractivity contribution in [2.24, 2.45) is 0 Å². The highest BCUT2D eigenvalue weighted by Crippen LogP contribution is 2.30. The van der Waals surface area contributed by atoms with Crippen molar-refractivity contribution in [1.82, 2.24) is 5.32 Å². The summed E-state index contributed by atoms with van der Waals surface area (Å²) in [5.41, 5.74) is 1.34.